The highest BCUT2D eigenvalue weighted by Gasteiger charge is 2.23. The normalized spacial score (nSPS) is 12.8. The highest BCUT2D eigenvalue weighted by atomic mass is 16.5. The predicted molar refractivity (Wildman–Crippen MR) is 56.9 cm³/mol. The topological polar surface area (TPSA) is 91.2 Å². The molecule has 0 aliphatic heterocycles. The molecule has 0 bridgehead atoms. The summed E-state index contributed by atoms with van der Waals surface area (Å²) in [6, 6.07) is 0. The van der Waals surface area contributed by atoms with Gasteiger partial charge in [0.05, 0.1) is 12.5 Å². The number of esters is 1. The Bertz CT molecular complexity index is 349. The van der Waals surface area contributed by atoms with E-state index >= 15 is 0 Å². The maximum Gasteiger partial charge on any atom is 0.379 e. The average Bonchev–Trinajstić information content (AvgIpc) is 2.68. The molecule has 16 heavy (non-hydrogen) atoms. The molecule has 0 aliphatic carbocycles. The van der Waals surface area contributed by atoms with Gasteiger partial charge in [-0.2, -0.15) is 4.98 Å². The summed E-state index contributed by atoms with van der Waals surface area (Å²) < 4.78 is 9.76. The summed E-state index contributed by atoms with van der Waals surface area (Å²) >= 11 is 0. The molecule has 0 saturated heterocycles. The summed E-state index contributed by atoms with van der Waals surface area (Å²) in [7, 11) is 0. The van der Waals surface area contributed by atoms with Crippen LogP contribution in [-0.2, 0) is 4.74 Å². The molecule has 90 valence electrons. The number of rotatable bonds is 5. The minimum absolute atomic E-state index is 0.0318. The maximum absolute atomic E-state index is 11.3. The van der Waals surface area contributed by atoms with E-state index in [0.717, 1.165) is 0 Å². The van der Waals surface area contributed by atoms with Gasteiger partial charge < -0.3 is 15.0 Å². The highest BCUT2D eigenvalue weighted by Crippen LogP contribution is 2.21. The molecule has 0 amide bonds. The number of hydrogen-bond acceptors (Lipinski definition) is 6. The quantitative estimate of drug-likeness (QED) is 0.753. The van der Waals surface area contributed by atoms with Crippen molar-refractivity contribution >= 4 is 5.97 Å². The molecule has 0 saturated carbocycles. The Labute approximate surface area is 94.2 Å². The lowest BCUT2D eigenvalue weighted by atomic mass is 9.96. The Morgan fingerprint density at radius 1 is 1.56 bits per heavy atom. The van der Waals surface area contributed by atoms with Gasteiger partial charge in [0.1, 0.15) is 0 Å². The second kappa shape index (κ2) is 5.60. The summed E-state index contributed by atoms with van der Waals surface area (Å²) in [6.45, 7) is 6.42. The molecule has 1 aromatic rings. The van der Waals surface area contributed by atoms with Gasteiger partial charge in [-0.05, 0) is 18.0 Å². The standard InChI is InChI=1S/C10H17N3O3/c1-4-15-10(14)8-12-9(16-13-8)7(5-11)6(2)3/h6-7H,4-5,11H2,1-3H3. The van der Waals surface area contributed by atoms with Crippen LogP contribution in [-0.4, -0.2) is 29.3 Å². The van der Waals surface area contributed by atoms with Gasteiger partial charge in [0.15, 0.2) is 0 Å². The molecule has 1 unspecified atom stereocenters. The Hall–Kier alpha value is -1.43. The van der Waals surface area contributed by atoms with Gasteiger partial charge in [0.25, 0.3) is 5.82 Å². The van der Waals surface area contributed by atoms with E-state index in [1.165, 1.54) is 0 Å². The van der Waals surface area contributed by atoms with Crippen molar-refractivity contribution in [2.75, 3.05) is 13.2 Å². The number of carbonyl (C=O) groups is 1. The van der Waals surface area contributed by atoms with Crippen LogP contribution in [0.2, 0.25) is 0 Å². The molecule has 0 fully saturated rings. The molecule has 1 rings (SSSR count). The maximum atomic E-state index is 11.3. The van der Waals surface area contributed by atoms with Crippen molar-refractivity contribution in [3.63, 3.8) is 0 Å². The lowest BCUT2D eigenvalue weighted by Crippen LogP contribution is -2.18. The van der Waals surface area contributed by atoms with Crippen molar-refractivity contribution < 1.29 is 14.1 Å². The first-order valence-corrected chi connectivity index (χ1v) is 5.30. The van der Waals surface area contributed by atoms with Crippen LogP contribution in [0.25, 0.3) is 0 Å². The number of carbonyl (C=O) groups excluding carboxylic acids is 1. The Kier molecular flexibility index (Phi) is 4.42. The number of aromatic nitrogens is 2. The average molecular weight is 227 g/mol. The van der Waals surface area contributed by atoms with E-state index in [4.69, 9.17) is 15.0 Å². The third-order valence-electron chi connectivity index (χ3n) is 2.28. The van der Waals surface area contributed by atoms with Crippen molar-refractivity contribution in [3.05, 3.63) is 11.7 Å². The van der Waals surface area contributed by atoms with E-state index in [1.54, 1.807) is 6.92 Å². The van der Waals surface area contributed by atoms with Crippen molar-refractivity contribution in [3.8, 4) is 0 Å². The monoisotopic (exact) mass is 227 g/mol. The Morgan fingerprint density at radius 2 is 2.25 bits per heavy atom. The van der Waals surface area contributed by atoms with E-state index in [9.17, 15) is 4.79 Å². The SMILES string of the molecule is CCOC(=O)c1noc(C(CN)C(C)C)n1. The largest absolute Gasteiger partial charge is 0.460 e. The zero-order chi connectivity index (χ0) is 12.1. The van der Waals surface area contributed by atoms with Crippen LogP contribution >= 0.6 is 0 Å². The number of hydrogen-bond donors (Lipinski definition) is 1. The van der Waals surface area contributed by atoms with Crippen molar-refractivity contribution in [2.24, 2.45) is 11.7 Å². The summed E-state index contributed by atoms with van der Waals surface area (Å²) in [4.78, 5) is 15.3. The first-order chi connectivity index (χ1) is 7.60. The van der Waals surface area contributed by atoms with Gasteiger partial charge in [-0.1, -0.05) is 13.8 Å². The first kappa shape index (κ1) is 12.6. The molecular weight excluding hydrogens is 210 g/mol. The molecule has 6 nitrogen and oxygen atoms in total. The first-order valence-electron chi connectivity index (χ1n) is 5.30. The van der Waals surface area contributed by atoms with Crippen LogP contribution in [0.4, 0.5) is 0 Å². The number of nitrogens with two attached hydrogens (primary N) is 1. The summed E-state index contributed by atoms with van der Waals surface area (Å²) in [6.07, 6.45) is 0. The van der Waals surface area contributed by atoms with Crippen molar-refractivity contribution in [1.82, 2.24) is 10.1 Å². The van der Waals surface area contributed by atoms with E-state index in [-0.39, 0.29) is 24.3 Å². The van der Waals surface area contributed by atoms with Gasteiger partial charge in [-0.15, -0.1) is 0 Å². The van der Waals surface area contributed by atoms with E-state index in [0.29, 0.717) is 12.4 Å². The molecule has 1 aromatic heterocycles. The van der Waals surface area contributed by atoms with Crippen LogP contribution in [0.5, 0.6) is 0 Å². The van der Waals surface area contributed by atoms with Crippen LogP contribution in [0.15, 0.2) is 4.52 Å². The fraction of sp³-hybridized carbons (Fsp3) is 0.700. The van der Waals surface area contributed by atoms with E-state index < -0.39 is 5.97 Å². The molecule has 6 heteroatoms. The molecular formula is C10H17N3O3. The smallest absolute Gasteiger partial charge is 0.379 e. The molecule has 2 N–H and O–H groups in total. The van der Waals surface area contributed by atoms with Crippen LogP contribution in [0.3, 0.4) is 0 Å². The predicted octanol–water partition coefficient (Wildman–Crippen LogP) is 0.945. The second-order valence-electron chi connectivity index (χ2n) is 3.76. The van der Waals surface area contributed by atoms with E-state index in [1.807, 2.05) is 13.8 Å². The molecule has 0 spiro atoms. The Balaban J connectivity index is 2.81. The fourth-order valence-electron chi connectivity index (χ4n) is 1.32. The van der Waals surface area contributed by atoms with Gasteiger partial charge >= 0.3 is 5.97 Å². The van der Waals surface area contributed by atoms with Gasteiger partial charge in [0, 0.05) is 6.54 Å². The molecule has 1 atom stereocenters. The third-order valence-corrected chi connectivity index (χ3v) is 2.28. The Morgan fingerprint density at radius 3 is 2.75 bits per heavy atom. The minimum Gasteiger partial charge on any atom is -0.460 e. The van der Waals surface area contributed by atoms with Crippen molar-refractivity contribution in [1.29, 1.82) is 0 Å². The lowest BCUT2D eigenvalue weighted by molar-refractivity contribution is 0.0508. The van der Waals surface area contributed by atoms with Gasteiger partial charge in [-0.3, -0.25) is 0 Å². The number of ether oxygens (including phenoxy) is 1. The minimum atomic E-state index is -0.572. The van der Waals surface area contributed by atoms with Crippen LogP contribution < -0.4 is 5.73 Å². The zero-order valence-corrected chi connectivity index (χ0v) is 9.77. The summed E-state index contributed by atoms with van der Waals surface area (Å²) in [5, 5.41) is 3.57. The second-order valence-corrected chi connectivity index (χ2v) is 3.76. The lowest BCUT2D eigenvalue weighted by Gasteiger charge is -2.13. The summed E-state index contributed by atoms with van der Waals surface area (Å²) in [5.41, 5.74) is 5.61. The highest BCUT2D eigenvalue weighted by molar-refractivity contribution is 5.84. The van der Waals surface area contributed by atoms with Gasteiger partial charge in [-0.25, -0.2) is 4.79 Å². The molecule has 1 heterocycles. The number of nitrogens with zero attached hydrogens (tertiary/aromatic N) is 2. The molecule has 0 aromatic carbocycles. The molecule has 0 radical (unpaired) electrons. The van der Waals surface area contributed by atoms with Crippen molar-refractivity contribution in [2.45, 2.75) is 26.7 Å². The van der Waals surface area contributed by atoms with E-state index in [2.05, 4.69) is 10.1 Å². The third kappa shape index (κ3) is 2.79. The zero-order valence-electron chi connectivity index (χ0n) is 9.77. The van der Waals surface area contributed by atoms with Gasteiger partial charge in [0.2, 0.25) is 5.89 Å². The summed E-state index contributed by atoms with van der Waals surface area (Å²) in [5.74, 6) is 0.0182. The molecule has 0 aliphatic rings. The fourth-order valence-corrected chi connectivity index (χ4v) is 1.32. The van der Waals surface area contributed by atoms with Crippen LogP contribution in [0.1, 0.15) is 43.2 Å². The van der Waals surface area contributed by atoms with Crippen LogP contribution in [0, 0.1) is 5.92 Å².